The molecule has 0 amide bonds. The van der Waals surface area contributed by atoms with Crippen molar-refractivity contribution in [2.24, 2.45) is 0 Å². The van der Waals surface area contributed by atoms with Crippen LogP contribution in [-0.2, 0) is 19.6 Å². The third-order valence-electron chi connectivity index (χ3n) is 2.91. The number of alkyl halides is 3. The number of esters is 1. The van der Waals surface area contributed by atoms with Gasteiger partial charge in [0.15, 0.2) is 6.10 Å². The Kier molecular flexibility index (Phi) is 6.58. The zero-order valence-corrected chi connectivity index (χ0v) is 13.5. The summed E-state index contributed by atoms with van der Waals surface area (Å²) < 4.78 is 71.0. The van der Waals surface area contributed by atoms with Crippen LogP contribution < -0.4 is 9.46 Å². The van der Waals surface area contributed by atoms with Crippen LogP contribution in [0.3, 0.4) is 0 Å². The van der Waals surface area contributed by atoms with E-state index >= 15 is 0 Å². The number of nitrogens with one attached hydrogen (secondary N) is 1. The summed E-state index contributed by atoms with van der Waals surface area (Å²) in [7, 11) is -4.45. The maximum Gasteiger partial charge on any atom is 0.511 e. The SMILES string of the molecule is CCOC(=O)[C@H](O)[C@H](NS(=O)(=O)C(F)(F)F)c1ccc(OC)cc1. The highest BCUT2D eigenvalue weighted by Crippen LogP contribution is 2.28. The Balaban J connectivity index is 3.23. The van der Waals surface area contributed by atoms with Gasteiger partial charge >= 0.3 is 21.5 Å². The minimum Gasteiger partial charge on any atom is -0.497 e. The van der Waals surface area contributed by atoms with Gasteiger partial charge < -0.3 is 14.6 Å². The van der Waals surface area contributed by atoms with E-state index in [1.54, 1.807) is 0 Å². The Morgan fingerprint density at radius 1 is 1.29 bits per heavy atom. The highest BCUT2D eigenvalue weighted by Gasteiger charge is 2.48. The molecule has 24 heavy (non-hydrogen) atoms. The first-order chi connectivity index (χ1) is 11.0. The number of sulfonamides is 1. The van der Waals surface area contributed by atoms with Crippen molar-refractivity contribution in [3.05, 3.63) is 29.8 Å². The van der Waals surface area contributed by atoms with Gasteiger partial charge in [-0.3, -0.25) is 0 Å². The van der Waals surface area contributed by atoms with E-state index in [1.165, 1.54) is 43.0 Å². The first-order valence-electron chi connectivity index (χ1n) is 6.60. The molecule has 0 saturated heterocycles. The molecule has 2 N–H and O–H groups in total. The summed E-state index contributed by atoms with van der Waals surface area (Å²) in [5.41, 5.74) is -5.68. The highest BCUT2D eigenvalue weighted by molar-refractivity contribution is 7.90. The number of aliphatic hydroxyl groups is 1. The third-order valence-corrected chi connectivity index (χ3v) is 4.08. The number of hydrogen-bond acceptors (Lipinski definition) is 6. The summed E-state index contributed by atoms with van der Waals surface area (Å²) in [5.74, 6) is -0.912. The molecule has 11 heteroatoms. The molecule has 1 rings (SSSR count). The van der Waals surface area contributed by atoms with E-state index in [-0.39, 0.29) is 12.2 Å². The molecular weight excluding hydrogens is 355 g/mol. The molecule has 0 radical (unpaired) electrons. The van der Waals surface area contributed by atoms with E-state index in [4.69, 9.17) is 4.74 Å². The highest BCUT2D eigenvalue weighted by atomic mass is 32.2. The molecule has 0 fully saturated rings. The Labute approximate surface area is 136 Å². The van der Waals surface area contributed by atoms with Crippen LogP contribution in [0.1, 0.15) is 18.5 Å². The molecule has 0 unspecified atom stereocenters. The second-order valence-corrected chi connectivity index (χ2v) is 6.22. The fourth-order valence-electron chi connectivity index (χ4n) is 1.72. The minimum atomic E-state index is -5.80. The summed E-state index contributed by atoms with van der Waals surface area (Å²) >= 11 is 0. The lowest BCUT2D eigenvalue weighted by Gasteiger charge is -2.23. The van der Waals surface area contributed by atoms with E-state index in [0.29, 0.717) is 5.75 Å². The van der Waals surface area contributed by atoms with E-state index in [9.17, 15) is 31.5 Å². The zero-order chi connectivity index (χ0) is 18.5. The smallest absolute Gasteiger partial charge is 0.497 e. The molecule has 0 aliphatic carbocycles. The number of carbonyl (C=O) groups excluding carboxylic acids is 1. The number of halogens is 3. The van der Waals surface area contributed by atoms with E-state index in [2.05, 4.69) is 4.74 Å². The second-order valence-electron chi connectivity index (χ2n) is 4.51. The van der Waals surface area contributed by atoms with E-state index in [1.807, 2.05) is 0 Å². The monoisotopic (exact) mass is 371 g/mol. The van der Waals surface area contributed by atoms with Crippen LogP contribution in [0, 0.1) is 0 Å². The summed E-state index contributed by atoms with van der Waals surface area (Å²) in [6, 6.07) is 3.21. The lowest BCUT2D eigenvalue weighted by Crippen LogP contribution is -2.45. The van der Waals surface area contributed by atoms with Crippen LogP contribution in [0.15, 0.2) is 24.3 Å². The van der Waals surface area contributed by atoms with E-state index < -0.39 is 33.6 Å². The maximum absolute atomic E-state index is 12.6. The molecule has 0 aliphatic rings. The van der Waals surface area contributed by atoms with E-state index in [0.717, 1.165) is 0 Å². The first-order valence-corrected chi connectivity index (χ1v) is 8.09. The van der Waals surface area contributed by atoms with Gasteiger partial charge in [-0.1, -0.05) is 12.1 Å². The lowest BCUT2D eigenvalue weighted by atomic mass is 10.0. The van der Waals surface area contributed by atoms with Crippen LogP contribution in [-0.4, -0.2) is 44.8 Å². The Hall–Kier alpha value is -1.85. The Morgan fingerprint density at radius 3 is 2.25 bits per heavy atom. The molecule has 7 nitrogen and oxygen atoms in total. The number of benzene rings is 1. The summed E-state index contributed by atoms with van der Waals surface area (Å²) in [5, 5.41) is 9.92. The van der Waals surface area contributed by atoms with Gasteiger partial charge in [-0.2, -0.15) is 17.9 Å². The van der Waals surface area contributed by atoms with Crippen LogP contribution in [0.4, 0.5) is 13.2 Å². The second kappa shape index (κ2) is 7.81. The Bertz CT molecular complexity index is 659. The van der Waals surface area contributed by atoms with Gasteiger partial charge in [0, 0.05) is 0 Å². The topological polar surface area (TPSA) is 102 Å². The quantitative estimate of drug-likeness (QED) is 0.696. The molecule has 0 bridgehead atoms. The van der Waals surface area contributed by atoms with Crippen molar-refractivity contribution in [1.29, 1.82) is 0 Å². The van der Waals surface area contributed by atoms with Crippen molar-refractivity contribution >= 4 is 16.0 Å². The number of methoxy groups -OCH3 is 1. The molecular formula is C13H16F3NO6S. The average Bonchev–Trinajstić information content (AvgIpc) is 2.51. The maximum atomic E-state index is 12.6. The van der Waals surface area contributed by atoms with Gasteiger partial charge in [0.1, 0.15) is 5.75 Å². The van der Waals surface area contributed by atoms with Crippen molar-refractivity contribution in [3.63, 3.8) is 0 Å². The lowest BCUT2D eigenvalue weighted by molar-refractivity contribution is -0.154. The average molecular weight is 371 g/mol. The normalized spacial score (nSPS) is 14.8. The van der Waals surface area contributed by atoms with Crippen LogP contribution in [0.5, 0.6) is 5.75 Å². The number of carbonyl (C=O) groups is 1. The van der Waals surface area contributed by atoms with Crippen LogP contribution in [0.25, 0.3) is 0 Å². The van der Waals surface area contributed by atoms with Crippen LogP contribution in [0.2, 0.25) is 0 Å². The third kappa shape index (κ3) is 4.82. The first kappa shape index (κ1) is 20.2. The fraction of sp³-hybridized carbons (Fsp3) is 0.462. The fourth-order valence-corrected chi connectivity index (χ4v) is 2.46. The predicted molar refractivity (Wildman–Crippen MR) is 76.5 cm³/mol. The molecule has 1 aromatic rings. The molecule has 0 heterocycles. The largest absolute Gasteiger partial charge is 0.511 e. The standard InChI is InChI=1S/C13H16F3NO6S/c1-3-23-12(19)11(18)10(17-24(20,21)13(14,15)16)8-4-6-9(22-2)7-5-8/h4-7,10-11,17-18H,3H2,1-2H3/t10-,11-/m1/s1. The zero-order valence-electron chi connectivity index (χ0n) is 12.7. The summed E-state index contributed by atoms with van der Waals surface area (Å²) in [4.78, 5) is 11.6. The molecule has 136 valence electrons. The predicted octanol–water partition coefficient (Wildman–Crippen LogP) is 1.10. The van der Waals surface area contributed by atoms with Gasteiger partial charge in [0.05, 0.1) is 19.8 Å². The van der Waals surface area contributed by atoms with Crippen molar-refractivity contribution in [2.45, 2.75) is 24.6 Å². The van der Waals surface area contributed by atoms with Crippen molar-refractivity contribution < 1.29 is 41.0 Å². The molecule has 0 aliphatic heterocycles. The molecule has 0 spiro atoms. The Morgan fingerprint density at radius 2 is 1.83 bits per heavy atom. The molecule has 1 aromatic carbocycles. The van der Waals surface area contributed by atoms with Crippen molar-refractivity contribution in [3.8, 4) is 5.75 Å². The number of ether oxygens (including phenoxy) is 2. The molecule has 0 saturated carbocycles. The summed E-state index contributed by atoms with van der Waals surface area (Å²) in [6.07, 6.45) is -2.17. The van der Waals surface area contributed by atoms with Gasteiger partial charge in [0.25, 0.3) is 0 Å². The van der Waals surface area contributed by atoms with Crippen molar-refractivity contribution in [1.82, 2.24) is 4.72 Å². The number of hydrogen-bond donors (Lipinski definition) is 2. The van der Waals surface area contributed by atoms with Crippen molar-refractivity contribution in [2.75, 3.05) is 13.7 Å². The number of aliphatic hydroxyl groups excluding tert-OH is 1. The summed E-state index contributed by atoms with van der Waals surface area (Å²) in [6.45, 7) is 1.28. The van der Waals surface area contributed by atoms with Gasteiger partial charge in [-0.05, 0) is 24.6 Å². The molecule has 0 aromatic heterocycles. The minimum absolute atomic E-state index is 0.0795. The van der Waals surface area contributed by atoms with Gasteiger partial charge in [0.2, 0.25) is 0 Å². The van der Waals surface area contributed by atoms with Crippen LogP contribution >= 0.6 is 0 Å². The van der Waals surface area contributed by atoms with Gasteiger partial charge in [-0.15, -0.1) is 0 Å². The number of rotatable bonds is 7. The van der Waals surface area contributed by atoms with Gasteiger partial charge in [-0.25, -0.2) is 13.2 Å². The molecule has 2 atom stereocenters.